The van der Waals surface area contributed by atoms with Crippen molar-refractivity contribution in [1.29, 1.82) is 0 Å². The van der Waals surface area contributed by atoms with Gasteiger partial charge in [-0.2, -0.15) is 4.31 Å². The molecule has 1 unspecified atom stereocenters. The summed E-state index contributed by atoms with van der Waals surface area (Å²) in [6, 6.07) is 13.0. The zero-order valence-corrected chi connectivity index (χ0v) is 19.6. The highest BCUT2D eigenvalue weighted by atomic mass is 32.2. The summed E-state index contributed by atoms with van der Waals surface area (Å²) in [7, 11) is -3.67. The first kappa shape index (κ1) is 23.1. The number of rotatable bonds is 6. The first-order valence-corrected chi connectivity index (χ1v) is 12.4. The van der Waals surface area contributed by atoms with Gasteiger partial charge in [-0.25, -0.2) is 8.42 Å². The van der Waals surface area contributed by atoms with Gasteiger partial charge < -0.3 is 19.7 Å². The van der Waals surface area contributed by atoms with Gasteiger partial charge in [-0.1, -0.05) is 35.9 Å². The SMILES string of the molecule is Cc1ccc(CNC(=O)C2(C)CN(S(C)(=O)=O)CC(=O)N2Cc2ccc3c(c2)OCO3)cc1. The first-order valence-electron chi connectivity index (χ1n) is 10.5. The number of carbonyl (C=O) groups excluding carboxylic acids is 2. The van der Waals surface area contributed by atoms with Crippen molar-refractivity contribution in [2.75, 3.05) is 26.1 Å². The van der Waals surface area contributed by atoms with E-state index in [9.17, 15) is 18.0 Å². The minimum Gasteiger partial charge on any atom is -0.454 e. The summed E-state index contributed by atoms with van der Waals surface area (Å²) >= 11 is 0. The van der Waals surface area contributed by atoms with E-state index in [4.69, 9.17) is 9.47 Å². The summed E-state index contributed by atoms with van der Waals surface area (Å²) in [5.74, 6) is 0.314. The van der Waals surface area contributed by atoms with Crippen molar-refractivity contribution >= 4 is 21.8 Å². The van der Waals surface area contributed by atoms with Crippen LogP contribution in [0.15, 0.2) is 42.5 Å². The van der Waals surface area contributed by atoms with Crippen molar-refractivity contribution in [2.24, 2.45) is 0 Å². The third-order valence-corrected chi connectivity index (χ3v) is 7.20. The van der Waals surface area contributed by atoms with Crippen LogP contribution in [0.5, 0.6) is 11.5 Å². The van der Waals surface area contributed by atoms with Gasteiger partial charge in [0.25, 0.3) is 0 Å². The van der Waals surface area contributed by atoms with Crippen LogP contribution in [0.2, 0.25) is 0 Å². The van der Waals surface area contributed by atoms with Crippen LogP contribution >= 0.6 is 0 Å². The van der Waals surface area contributed by atoms with Crippen LogP contribution in [-0.2, 0) is 32.7 Å². The predicted octanol–water partition coefficient (Wildman–Crippen LogP) is 1.40. The molecule has 0 aliphatic carbocycles. The minimum absolute atomic E-state index is 0.127. The number of piperazine rings is 1. The van der Waals surface area contributed by atoms with Crippen LogP contribution < -0.4 is 14.8 Å². The van der Waals surface area contributed by atoms with E-state index in [0.29, 0.717) is 11.5 Å². The van der Waals surface area contributed by atoms with Gasteiger partial charge in [0.05, 0.1) is 12.8 Å². The summed E-state index contributed by atoms with van der Waals surface area (Å²) < 4.78 is 36.3. The Morgan fingerprint density at radius 1 is 1.09 bits per heavy atom. The van der Waals surface area contributed by atoms with Crippen LogP contribution in [0.4, 0.5) is 0 Å². The fourth-order valence-electron chi connectivity index (χ4n) is 3.99. The summed E-state index contributed by atoms with van der Waals surface area (Å²) in [4.78, 5) is 27.9. The summed E-state index contributed by atoms with van der Waals surface area (Å²) in [5.41, 5.74) is 1.35. The number of nitrogens with one attached hydrogen (secondary N) is 1. The molecule has 1 atom stereocenters. The van der Waals surface area contributed by atoms with Crippen molar-refractivity contribution in [3.05, 3.63) is 59.2 Å². The van der Waals surface area contributed by atoms with Gasteiger partial charge in [-0.05, 0) is 37.1 Å². The molecule has 2 aliphatic rings. The fraction of sp³-hybridized carbons (Fsp3) is 0.391. The summed E-state index contributed by atoms with van der Waals surface area (Å²) in [5, 5.41) is 2.88. The van der Waals surface area contributed by atoms with Crippen LogP contribution in [-0.4, -0.2) is 61.1 Å². The van der Waals surface area contributed by atoms with E-state index in [1.165, 1.54) is 4.90 Å². The van der Waals surface area contributed by atoms with Crippen LogP contribution in [0.1, 0.15) is 23.6 Å². The molecule has 0 saturated carbocycles. The number of ether oxygens (including phenoxy) is 2. The number of nitrogens with zero attached hydrogens (tertiary/aromatic N) is 2. The average Bonchev–Trinajstić information content (AvgIpc) is 3.23. The molecule has 176 valence electrons. The molecule has 0 aromatic heterocycles. The Hall–Kier alpha value is -3.11. The van der Waals surface area contributed by atoms with Gasteiger partial charge in [0.1, 0.15) is 5.54 Å². The highest BCUT2D eigenvalue weighted by Crippen LogP contribution is 2.34. The second-order valence-corrected chi connectivity index (χ2v) is 10.6. The highest BCUT2D eigenvalue weighted by Gasteiger charge is 2.49. The molecular weight excluding hydrogens is 446 g/mol. The Morgan fingerprint density at radius 2 is 1.76 bits per heavy atom. The highest BCUT2D eigenvalue weighted by molar-refractivity contribution is 7.88. The molecule has 9 nitrogen and oxygen atoms in total. The number of benzene rings is 2. The van der Waals surface area contributed by atoms with Gasteiger partial charge >= 0.3 is 0 Å². The molecule has 2 heterocycles. The van der Waals surface area contributed by atoms with Crippen molar-refractivity contribution in [2.45, 2.75) is 32.5 Å². The maximum absolute atomic E-state index is 13.4. The van der Waals surface area contributed by atoms with Crippen molar-refractivity contribution in [3.8, 4) is 11.5 Å². The molecule has 2 amide bonds. The van der Waals surface area contributed by atoms with Crippen molar-refractivity contribution in [1.82, 2.24) is 14.5 Å². The molecular formula is C23H27N3O6S. The normalized spacial score (nSPS) is 20.7. The number of amides is 2. The maximum Gasteiger partial charge on any atom is 0.247 e. The minimum atomic E-state index is -3.67. The van der Waals surface area contributed by atoms with Crippen LogP contribution in [0.3, 0.4) is 0 Å². The first-order chi connectivity index (χ1) is 15.6. The van der Waals surface area contributed by atoms with Crippen molar-refractivity contribution < 1.29 is 27.5 Å². The lowest BCUT2D eigenvalue weighted by molar-refractivity contribution is -0.153. The average molecular weight is 474 g/mol. The molecule has 2 aromatic carbocycles. The van der Waals surface area contributed by atoms with E-state index in [1.807, 2.05) is 31.2 Å². The third-order valence-electron chi connectivity index (χ3n) is 6.00. The molecule has 4 rings (SSSR count). The zero-order chi connectivity index (χ0) is 23.8. The van der Waals surface area contributed by atoms with E-state index >= 15 is 0 Å². The Morgan fingerprint density at radius 3 is 2.45 bits per heavy atom. The smallest absolute Gasteiger partial charge is 0.247 e. The van der Waals surface area contributed by atoms with E-state index < -0.39 is 27.4 Å². The van der Waals surface area contributed by atoms with Gasteiger partial charge in [0, 0.05) is 19.6 Å². The van der Waals surface area contributed by atoms with E-state index in [2.05, 4.69) is 5.32 Å². The van der Waals surface area contributed by atoms with Gasteiger partial charge in [-0.15, -0.1) is 0 Å². The zero-order valence-electron chi connectivity index (χ0n) is 18.8. The van der Waals surface area contributed by atoms with Crippen molar-refractivity contribution in [3.63, 3.8) is 0 Å². The van der Waals surface area contributed by atoms with E-state index in [0.717, 1.165) is 27.3 Å². The standard InChI is InChI=1S/C23H27N3O6S/c1-16-4-6-17(7-5-16)11-24-22(28)23(2)14-25(33(3,29)30)13-21(27)26(23)12-18-8-9-19-20(10-18)32-15-31-19/h4-10H,11-15H2,1-3H3,(H,24,28). The predicted molar refractivity (Wildman–Crippen MR) is 121 cm³/mol. The van der Waals surface area contributed by atoms with Crippen LogP contribution in [0.25, 0.3) is 0 Å². The van der Waals surface area contributed by atoms with Gasteiger partial charge in [0.15, 0.2) is 11.5 Å². The lowest BCUT2D eigenvalue weighted by Crippen LogP contribution is -2.69. The number of aryl methyl sites for hydroxylation is 1. The lowest BCUT2D eigenvalue weighted by Gasteiger charge is -2.46. The lowest BCUT2D eigenvalue weighted by atomic mass is 9.94. The molecule has 1 N–H and O–H groups in total. The van der Waals surface area contributed by atoms with E-state index in [-0.39, 0.29) is 33.0 Å². The second-order valence-electron chi connectivity index (χ2n) is 8.64. The van der Waals surface area contributed by atoms with Crippen LogP contribution in [0, 0.1) is 6.92 Å². The number of carbonyl (C=O) groups is 2. The Balaban J connectivity index is 1.60. The molecule has 33 heavy (non-hydrogen) atoms. The Kier molecular flexibility index (Phi) is 6.06. The molecule has 10 heteroatoms. The Bertz CT molecular complexity index is 1180. The molecule has 0 spiro atoms. The molecule has 2 aromatic rings. The second kappa shape index (κ2) is 8.68. The Labute approximate surface area is 193 Å². The largest absolute Gasteiger partial charge is 0.454 e. The molecule has 2 aliphatic heterocycles. The maximum atomic E-state index is 13.4. The number of hydrogen-bond acceptors (Lipinski definition) is 6. The summed E-state index contributed by atoms with van der Waals surface area (Å²) in [6.45, 7) is 3.64. The van der Waals surface area contributed by atoms with Gasteiger partial charge in [0.2, 0.25) is 28.6 Å². The van der Waals surface area contributed by atoms with Gasteiger partial charge in [-0.3, -0.25) is 9.59 Å². The molecule has 0 radical (unpaired) electrons. The molecule has 1 saturated heterocycles. The number of hydrogen-bond donors (Lipinski definition) is 1. The fourth-order valence-corrected chi connectivity index (χ4v) is 4.82. The number of fused-ring (bicyclic) bond motifs is 1. The number of sulfonamides is 1. The molecule has 1 fully saturated rings. The topological polar surface area (TPSA) is 105 Å². The monoisotopic (exact) mass is 473 g/mol. The van der Waals surface area contributed by atoms with E-state index in [1.54, 1.807) is 25.1 Å². The summed E-state index contributed by atoms with van der Waals surface area (Å²) in [6.07, 6.45) is 1.04. The quantitative estimate of drug-likeness (QED) is 0.680. The third kappa shape index (κ3) is 4.81. The molecule has 0 bridgehead atoms.